The lowest BCUT2D eigenvalue weighted by molar-refractivity contribution is 0.0933. The topological polar surface area (TPSA) is 63.2 Å². The smallest absolute Gasteiger partial charge is 0.269 e. The summed E-state index contributed by atoms with van der Waals surface area (Å²) in [5.74, 6) is -0.103. The summed E-state index contributed by atoms with van der Waals surface area (Å²) in [5, 5.41) is 6.17. The molecule has 1 fully saturated rings. The van der Waals surface area contributed by atoms with Crippen LogP contribution in [0.25, 0.3) is 0 Å². The largest absolute Gasteiger partial charge is 0.385 e. The van der Waals surface area contributed by atoms with Crippen LogP contribution in [0.1, 0.15) is 36.7 Å². The van der Waals surface area contributed by atoms with Crippen LogP contribution in [-0.2, 0) is 4.74 Å². The van der Waals surface area contributed by atoms with Gasteiger partial charge in [0, 0.05) is 38.7 Å². The van der Waals surface area contributed by atoms with Gasteiger partial charge in [0.1, 0.15) is 5.69 Å². The minimum atomic E-state index is -0.103. The Labute approximate surface area is 120 Å². The zero-order valence-electron chi connectivity index (χ0n) is 12.2. The van der Waals surface area contributed by atoms with E-state index >= 15 is 0 Å². The van der Waals surface area contributed by atoms with Gasteiger partial charge in [-0.3, -0.25) is 9.78 Å². The minimum Gasteiger partial charge on any atom is -0.385 e. The van der Waals surface area contributed by atoms with E-state index in [0.717, 1.165) is 25.3 Å². The fraction of sp³-hybridized carbons (Fsp3) is 0.600. The third-order valence-corrected chi connectivity index (χ3v) is 3.79. The predicted molar refractivity (Wildman–Crippen MR) is 78.9 cm³/mol. The number of pyridine rings is 1. The third-order valence-electron chi connectivity index (χ3n) is 3.79. The Hall–Kier alpha value is -1.62. The SMILES string of the molecule is CCNc1ccnc(C(=O)NCC2(CCOC)CC2)c1. The summed E-state index contributed by atoms with van der Waals surface area (Å²) in [6, 6.07) is 3.65. The molecule has 5 nitrogen and oxygen atoms in total. The number of carbonyl (C=O) groups excluding carboxylic acids is 1. The maximum absolute atomic E-state index is 12.1. The van der Waals surface area contributed by atoms with Gasteiger partial charge in [-0.1, -0.05) is 0 Å². The predicted octanol–water partition coefficient (Wildman–Crippen LogP) is 2.06. The molecule has 1 aromatic rings. The van der Waals surface area contributed by atoms with Crippen molar-refractivity contribution >= 4 is 11.6 Å². The Bertz CT molecular complexity index is 458. The number of rotatable bonds is 8. The van der Waals surface area contributed by atoms with Crippen molar-refractivity contribution in [2.75, 3.05) is 32.1 Å². The second-order valence-corrected chi connectivity index (χ2v) is 5.39. The van der Waals surface area contributed by atoms with E-state index in [9.17, 15) is 4.79 Å². The van der Waals surface area contributed by atoms with Crippen molar-refractivity contribution in [1.29, 1.82) is 0 Å². The summed E-state index contributed by atoms with van der Waals surface area (Å²) in [5.41, 5.74) is 1.64. The molecule has 0 radical (unpaired) electrons. The number of nitrogens with zero attached hydrogens (tertiary/aromatic N) is 1. The van der Waals surface area contributed by atoms with Gasteiger partial charge >= 0.3 is 0 Å². The van der Waals surface area contributed by atoms with Crippen molar-refractivity contribution < 1.29 is 9.53 Å². The molecule has 1 amide bonds. The molecule has 1 aliphatic carbocycles. The first kappa shape index (κ1) is 14.8. The average molecular weight is 277 g/mol. The van der Waals surface area contributed by atoms with E-state index in [0.29, 0.717) is 12.2 Å². The molecular weight excluding hydrogens is 254 g/mol. The molecule has 1 aromatic heterocycles. The summed E-state index contributed by atoms with van der Waals surface area (Å²) >= 11 is 0. The fourth-order valence-electron chi connectivity index (χ4n) is 2.24. The van der Waals surface area contributed by atoms with Gasteiger partial charge in [-0.2, -0.15) is 0 Å². The lowest BCUT2D eigenvalue weighted by atomic mass is 10.0. The second kappa shape index (κ2) is 6.70. The van der Waals surface area contributed by atoms with Gasteiger partial charge in [0.25, 0.3) is 5.91 Å². The van der Waals surface area contributed by atoms with Crippen LogP contribution >= 0.6 is 0 Å². The second-order valence-electron chi connectivity index (χ2n) is 5.39. The van der Waals surface area contributed by atoms with Gasteiger partial charge in [-0.15, -0.1) is 0 Å². The summed E-state index contributed by atoms with van der Waals surface area (Å²) < 4.78 is 5.12. The molecule has 0 bridgehead atoms. The van der Waals surface area contributed by atoms with Gasteiger partial charge < -0.3 is 15.4 Å². The zero-order valence-corrected chi connectivity index (χ0v) is 12.2. The number of hydrogen-bond donors (Lipinski definition) is 2. The Morgan fingerprint density at radius 1 is 1.50 bits per heavy atom. The third kappa shape index (κ3) is 3.93. The number of methoxy groups -OCH3 is 1. The molecule has 1 saturated carbocycles. The first-order valence-electron chi connectivity index (χ1n) is 7.16. The highest BCUT2D eigenvalue weighted by atomic mass is 16.5. The minimum absolute atomic E-state index is 0.103. The first-order chi connectivity index (χ1) is 9.69. The molecule has 1 heterocycles. The molecule has 2 rings (SSSR count). The van der Waals surface area contributed by atoms with Crippen molar-refractivity contribution in [3.8, 4) is 0 Å². The Kier molecular flexibility index (Phi) is 4.95. The van der Waals surface area contributed by atoms with E-state index in [4.69, 9.17) is 4.74 Å². The maximum atomic E-state index is 12.1. The van der Waals surface area contributed by atoms with Crippen LogP contribution in [0.2, 0.25) is 0 Å². The number of ether oxygens (including phenoxy) is 1. The van der Waals surface area contributed by atoms with Crippen LogP contribution in [-0.4, -0.2) is 37.7 Å². The van der Waals surface area contributed by atoms with Gasteiger partial charge in [0.2, 0.25) is 0 Å². The van der Waals surface area contributed by atoms with E-state index in [1.54, 1.807) is 19.4 Å². The quantitative estimate of drug-likeness (QED) is 0.763. The molecule has 0 aliphatic heterocycles. The van der Waals surface area contributed by atoms with Gasteiger partial charge in [0.15, 0.2) is 0 Å². The monoisotopic (exact) mass is 277 g/mol. The molecule has 0 spiro atoms. The molecule has 20 heavy (non-hydrogen) atoms. The summed E-state index contributed by atoms with van der Waals surface area (Å²) in [6.45, 7) is 4.31. The standard InChI is InChI=1S/C15H23N3O2/c1-3-16-12-4-8-17-13(10-12)14(19)18-11-15(5-6-15)7-9-20-2/h4,8,10H,3,5-7,9,11H2,1-2H3,(H,16,17)(H,18,19). The summed E-state index contributed by atoms with van der Waals surface area (Å²) in [4.78, 5) is 16.2. The van der Waals surface area contributed by atoms with Crippen molar-refractivity contribution in [3.63, 3.8) is 0 Å². The number of aromatic nitrogens is 1. The number of nitrogens with one attached hydrogen (secondary N) is 2. The normalized spacial score (nSPS) is 15.7. The average Bonchev–Trinajstić information content (AvgIpc) is 3.24. The van der Waals surface area contributed by atoms with E-state index in [-0.39, 0.29) is 11.3 Å². The van der Waals surface area contributed by atoms with Crippen LogP contribution in [0.5, 0.6) is 0 Å². The van der Waals surface area contributed by atoms with Crippen LogP contribution in [0.4, 0.5) is 5.69 Å². The first-order valence-corrected chi connectivity index (χ1v) is 7.16. The van der Waals surface area contributed by atoms with E-state index < -0.39 is 0 Å². The van der Waals surface area contributed by atoms with Crippen molar-refractivity contribution in [2.24, 2.45) is 5.41 Å². The molecule has 110 valence electrons. The zero-order chi connectivity index (χ0) is 14.4. The molecule has 5 heteroatoms. The summed E-state index contributed by atoms with van der Waals surface area (Å²) in [7, 11) is 1.71. The van der Waals surface area contributed by atoms with Gasteiger partial charge in [-0.05, 0) is 43.7 Å². The lowest BCUT2D eigenvalue weighted by Gasteiger charge is -2.15. The lowest BCUT2D eigenvalue weighted by Crippen LogP contribution is -2.31. The van der Waals surface area contributed by atoms with Crippen molar-refractivity contribution in [1.82, 2.24) is 10.3 Å². The Balaban J connectivity index is 1.87. The summed E-state index contributed by atoms with van der Waals surface area (Å²) in [6.07, 6.45) is 5.00. The molecular formula is C15H23N3O2. The van der Waals surface area contributed by atoms with Crippen molar-refractivity contribution in [2.45, 2.75) is 26.2 Å². The molecule has 0 saturated heterocycles. The molecule has 0 unspecified atom stereocenters. The van der Waals surface area contributed by atoms with Gasteiger partial charge in [0.05, 0.1) is 0 Å². The van der Waals surface area contributed by atoms with Gasteiger partial charge in [-0.25, -0.2) is 0 Å². The van der Waals surface area contributed by atoms with Crippen LogP contribution in [0.15, 0.2) is 18.3 Å². The number of carbonyl (C=O) groups is 1. The van der Waals surface area contributed by atoms with E-state index in [1.165, 1.54) is 12.8 Å². The maximum Gasteiger partial charge on any atom is 0.269 e. The number of anilines is 1. The Morgan fingerprint density at radius 3 is 2.95 bits per heavy atom. The number of amides is 1. The highest BCUT2D eigenvalue weighted by Gasteiger charge is 2.42. The fourth-order valence-corrected chi connectivity index (χ4v) is 2.24. The molecule has 0 aromatic carbocycles. The van der Waals surface area contributed by atoms with Crippen LogP contribution < -0.4 is 10.6 Å². The van der Waals surface area contributed by atoms with E-state index in [1.807, 2.05) is 13.0 Å². The van der Waals surface area contributed by atoms with Crippen molar-refractivity contribution in [3.05, 3.63) is 24.0 Å². The number of hydrogen-bond acceptors (Lipinski definition) is 4. The van der Waals surface area contributed by atoms with Crippen LogP contribution in [0.3, 0.4) is 0 Å². The van der Waals surface area contributed by atoms with Crippen LogP contribution in [0, 0.1) is 5.41 Å². The van der Waals surface area contributed by atoms with E-state index in [2.05, 4.69) is 15.6 Å². The highest BCUT2D eigenvalue weighted by Crippen LogP contribution is 2.48. The highest BCUT2D eigenvalue weighted by molar-refractivity contribution is 5.93. The molecule has 0 atom stereocenters. The Morgan fingerprint density at radius 2 is 2.30 bits per heavy atom. The molecule has 1 aliphatic rings. The molecule has 2 N–H and O–H groups in total.